The van der Waals surface area contributed by atoms with Gasteiger partial charge in [-0.3, -0.25) is 9.59 Å². The summed E-state index contributed by atoms with van der Waals surface area (Å²) in [6.07, 6.45) is 1.47. The van der Waals surface area contributed by atoms with E-state index in [0.717, 1.165) is 9.13 Å². The first-order chi connectivity index (χ1) is 6.56. The number of halogens is 1. The third kappa shape index (κ3) is 2.08. The normalized spacial score (nSPS) is 12.8. The van der Waals surface area contributed by atoms with E-state index in [1.165, 1.54) is 19.4 Å². The summed E-state index contributed by atoms with van der Waals surface area (Å²) in [5, 5.41) is 8.95. The van der Waals surface area contributed by atoms with Crippen molar-refractivity contribution in [1.82, 2.24) is 9.13 Å². The monoisotopic (exact) mass is 202 g/mol. The van der Waals surface area contributed by atoms with E-state index in [1.807, 2.05) is 0 Å². The standard InChI is InChI=1S/C8H11FN2O3/c1-10-2-3-11(5-6(12)4-9)8(14)7(10)13/h2-3,6,12H,4-5H2,1H3. The molecule has 1 heterocycles. The van der Waals surface area contributed by atoms with Crippen molar-refractivity contribution in [3.8, 4) is 0 Å². The van der Waals surface area contributed by atoms with Gasteiger partial charge in [-0.1, -0.05) is 0 Å². The Bertz CT molecular complexity index is 423. The maximum absolute atomic E-state index is 11.9. The minimum atomic E-state index is -1.25. The lowest BCUT2D eigenvalue weighted by molar-refractivity contribution is 0.120. The Balaban J connectivity index is 3.07. The van der Waals surface area contributed by atoms with Crippen molar-refractivity contribution in [3.63, 3.8) is 0 Å². The van der Waals surface area contributed by atoms with E-state index in [9.17, 15) is 14.0 Å². The quantitative estimate of drug-likeness (QED) is 0.631. The van der Waals surface area contributed by atoms with Gasteiger partial charge in [-0.05, 0) is 0 Å². The second-order valence-electron chi connectivity index (χ2n) is 2.98. The number of nitrogens with zero attached hydrogens (tertiary/aromatic N) is 2. The van der Waals surface area contributed by atoms with Gasteiger partial charge in [0.2, 0.25) is 0 Å². The summed E-state index contributed by atoms with van der Waals surface area (Å²) in [4.78, 5) is 22.4. The highest BCUT2D eigenvalue weighted by molar-refractivity contribution is 4.85. The lowest BCUT2D eigenvalue weighted by Gasteiger charge is -2.08. The predicted molar refractivity (Wildman–Crippen MR) is 47.9 cm³/mol. The molecule has 14 heavy (non-hydrogen) atoms. The molecule has 5 nitrogen and oxygen atoms in total. The van der Waals surface area contributed by atoms with E-state index < -0.39 is 23.9 Å². The lowest BCUT2D eigenvalue weighted by atomic mass is 10.4. The van der Waals surface area contributed by atoms with Crippen LogP contribution in [0.2, 0.25) is 0 Å². The molecule has 0 saturated carbocycles. The highest BCUT2D eigenvalue weighted by Gasteiger charge is 2.07. The number of alkyl halides is 1. The fraction of sp³-hybridized carbons (Fsp3) is 0.500. The molecule has 78 valence electrons. The Morgan fingerprint density at radius 3 is 2.64 bits per heavy atom. The highest BCUT2D eigenvalue weighted by atomic mass is 19.1. The molecule has 0 aromatic carbocycles. The van der Waals surface area contributed by atoms with Crippen LogP contribution in [0, 0.1) is 0 Å². The van der Waals surface area contributed by atoms with Crippen LogP contribution in [0.15, 0.2) is 22.0 Å². The van der Waals surface area contributed by atoms with Crippen molar-refractivity contribution in [3.05, 3.63) is 33.1 Å². The van der Waals surface area contributed by atoms with Crippen molar-refractivity contribution >= 4 is 0 Å². The van der Waals surface area contributed by atoms with E-state index >= 15 is 0 Å². The highest BCUT2D eigenvalue weighted by Crippen LogP contribution is 1.88. The number of rotatable bonds is 3. The molecule has 1 aromatic heterocycles. The molecule has 0 aliphatic rings. The lowest BCUT2D eigenvalue weighted by Crippen LogP contribution is -2.41. The second kappa shape index (κ2) is 4.19. The Morgan fingerprint density at radius 2 is 2.07 bits per heavy atom. The number of hydrogen-bond donors (Lipinski definition) is 1. The SMILES string of the molecule is Cn1ccn(CC(O)CF)c(=O)c1=O. The minimum absolute atomic E-state index is 0.203. The van der Waals surface area contributed by atoms with Crippen LogP contribution in [0.5, 0.6) is 0 Å². The van der Waals surface area contributed by atoms with Crippen molar-refractivity contribution in [2.24, 2.45) is 7.05 Å². The zero-order valence-electron chi connectivity index (χ0n) is 7.68. The van der Waals surface area contributed by atoms with Crippen molar-refractivity contribution in [2.45, 2.75) is 12.6 Å². The molecule has 0 bridgehead atoms. The average Bonchev–Trinajstić information content (AvgIpc) is 2.19. The van der Waals surface area contributed by atoms with Gasteiger partial charge in [-0.2, -0.15) is 0 Å². The predicted octanol–water partition coefficient (Wildman–Crippen LogP) is -1.12. The van der Waals surface area contributed by atoms with E-state index in [4.69, 9.17) is 5.11 Å². The zero-order chi connectivity index (χ0) is 10.7. The van der Waals surface area contributed by atoms with Gasteiger partial charge in [0.1, 0.15) is 12.8 Å². The van der Waals surface area contributed by atoms with Crippen LogP contribution in [-0.4, -0.2) is 27.0 Å². The maximum atomic E-state index is 11.9. The zero-order valence-corrected chi connectivity index (χ0v) is 7.68. The molecule has 0 aliphatic heterocycles. The van der Waals surface area contributed by atoms with Gasteiger partial charge in [0.05, 0.1) is 6.54 Å². The van der Waals surface area contributed by atoms with Gasteiger partial charge in [0.25, 0.3) is 0 Å². The molecule has 0 amide bonds. The van der Waals surface area contributed by atoms with Crippen LogP contribution in [0.1, 0.15) is 0 Å². The summed E-state index contributed by atoms with van der Waals surface area (Å²) in [7, 11) is 1.44. The molecule has 1 rings (SSSR count). The molecule has 1 unspecified atom stereocenters. The molecule has 0 spiro atoms. The van der Waals surface area contributed by atoms with Crippen LogP contribution >= 0.6 is 0 Å². The average molecular weight is 202 g/mol. The van der Waals surface area contributed by atoms with Gasteiger partial charge in [0, 0.05) is 19.4 Å². The number of aromatic nitrogens is 2. The molecule has 0 saturated heterocycles. The van der Waals surface area contributed by atoms with Crippen molar-refractivity contribution in [2.75, 3.05) is 6.67 Å². The first-order valence-corrected chi connectivity index (χ1v) is 4.06. The topological polar surface area (TPSA) is 64.2 Å². The number of aryl methyl sites for hydroxylation is 1. The first kappa shape index (κ1) is 10.6. The third-order valence-corrected chi connectivity index (χ3v) is 1.82. The van der Waals surface area contributed by atoms with Gasteiger partial charge >= 0.3 is 11.1 Å². The van der Waals surface area contributed by atoms with Crippen molar-refractivity contribution < 1.29 is 9.50 Å². The fourth-order valence-electron chi connectivity index (χ4n) is 1.01. The third-order valence-electron chi connectivity index (χ3n) is 1.82. The summed E-state index contributed by atoms with van der Waals surface area (Å²) >= 11 is 0. The van der Waals surface area contributed by atoms with Crippen molar-refractivity contribution in [1.29, 1.82) is 0 Å². The van der Waals surface area contributed by atoms with Crippen LogP contribution in [0.4, 0.5) is 4.39 Å². The Hall–Kier alpha value is -1.43. The number of aliphatic hydroxyl groups excluding tert-OH is 1. The van der Waals surface area contributed by atoms with Gasteiger partial charge in [-0.15, -0.1) is 0 Å². The number of aliphatic hydroxyl groups is 1. The summed E-state index contributed by atoms with van der Waals surface area (Å²) < 4.78 is 14.1. The van der Waals surface area contributed by atoms with Gasteiger partial charge in [0.15, 0.2) is 0 Å². The molecule has 6 heteroatoms. The molecule has 1 aromatic rings. The molecule has 0 radical (unpaired) electrons. The molecule has 1 N–H and O–H groups in total. The van der Waals surface area contributed by atoms with Gasteiger partial charge < -0.3 is 14.2 Å². The summed E-state index contributed by atoms with van der Waals surface area (Å²) in [6, 6.07) is 0. The Kier molecular flexibility index (Phi) is 3.19. The molecule has 0 fully saturated rings. The van der Waals surface area contributed by atoms with Crippen LogP contribution in [-0.2, 0) is 13.6 Å². The van der Waals surface area contributed by atoms with Gasteiger partial charge in [-0.25, -0.2) is 4.39 Å². The fourth-order valence-corrected chi connectivity index (χ4v) is 1.01. The van der Waals surface area contributed by atoms with Crippen LogP contribution in [0.3, 0.4) is 0 Å². The molecule has 1 atom stereocenters. The largest absolute Gasteiger partial charge is 0.389 e. The smallest absolute Gasteiger partial charge is 0.316 e. The first-order valence-electron chi connectivity index (χ1n) is 4.06. The molecular formula is C8H11FN2O3. The maximum Gasteiger partial charge on any atom is 0.316 e. The number of hydrogen-bond acceptors (Lipinski definition) is 3. The van der Waals surface area contributed by atoms with Crippen LogP contribution in [0.25, 0.3) is 0 Å². The molecular weight excluding hydrogens is 191 g/mol. The second-order valence-corrected chi connectivity index (χ2v) is 2.98. The van der Waals surface area contributed by atoms with E-state index in [1.54, 1.807) is 0 Å². The Morgan fingerprint density at radius 1 is 1.43 bits per heavy atom. The summed E-state index contributed by atoms with van der Waals surface area (Å²) in [5.41, 5.74) is -1.46. The molecule has 0 aliphatic carbocycles. The van der Waals surface area contributed by atoms with E-state index in [-0.39, 0.29) is 6.54 Å². The van der Waals surface area contributed by atoms with E-state index in [2.05, 4.69) is 0 Å². The summed E-state index contributed by atoms with van der Waals surface area (Å²) in [6.45, 7) is -1.15. The van der Waals surface area contributed by atoms with Crippen LogP contribution < -0.4 is 11.1 Å². The minimum Gasteiger partial charge on any atom is -0.389 e. The summed E-state index contributed by atoms with van der Waals surface area (Å²) in [5.74, 6) is 0. The Labute approximate surface area is 79.0 Å². The van der Waals surface area contributed by atoms with E-state index in [0.29, 0.717) is 0 Å².